The molecular weight excluding hydrogens is 319 g/mol. The lowest BCUT2D eigenvalue weighted by atomic mass is 10.0. The Balaban J connectivity index is 2.14. The number of carbonyl (C=O) groups excluding carboxylic acids is 1. The Bertz CT molecular complexity index is 754. The topological polar surface area (TPSA) is 41.5 Å². The fraction of sp³-hybridized carbons (Fsp3) is 0.176. The van der Waals surface area contributed by atoms with Crippen molar-refractivity contribution >= 4 is 34.8 Å². The van der Waals surface area contributed by atoms with Crippen molar-refractivity contribution in [3.8, 4) is 0 Å². The van der Waals surface area contributed by atoms with E-state index in [1.165, 1.54) is 17.2 Å². The second kappa shape index (κ2) is 6.95. The molecule has 2 aromatic carbocycles. The molecule has 1 amide bonds. The molecule has 0 bridgehead atoms. The fourth-order valence-corrected chi connectivity index (χ4v) is 2.17. The van der Waals surface area contributed by atoms with E-state index in [0.717, 1.165) is 11.3 Å². The van der Waals surface area contributed by atoms with Crippen LogP contribution >= 0.6 is 23.2 Å². The number of hydrazone groups is 1. The third-order valence-corrected chi connectivity index (χ3v) is 4.17. The minimum atomic E-state index is -0.332. The maximum Gasteiger partial charge on any atom is 0.271 e. The molecule has 0 heterocycles. The van der Waals surface area contributed by atoms with E-state index in [9.17, 15) is 4.79 Å². The third kappa shape index (κ3) is 3.87. The van der Waals surface area contributed by atoms with Gasteiger partial charge in [-0.05, 0) is 61.7 Å². The van der Waals surface area contributed by atoms with E-state index < -0.39 is 0 Å². The zero-order valence-electron chi connectivity index (χ0n) is 12.6. The minimum absolute atomic E-state index is 0.332. The first-order valence-corrected chi connectivity index (χ1v) is 7.51. The largest absolute Gasteiger partial charge is 0.271 e. The van der Waals surface area contributed by atoms with Gasteiger partial charge < -0.3 is 0 Å². The number of amides is 1. The van der Waals surface area contributed by atoms with Gasteiger partial charge in [0.1, 0.15) is 0 Å². The Morgan fingerprint density at radius 1 is 0.955 bits per heavy atom. The Morgan fingerprint density at radius 2 is 1.64 bits per heavy atom. The summed E-state index contributed by atoms with van der Waals surface area (Å²) in [6.07, 6.45) is 0. The summed E-state index contributed by atoms with van der Waals surface area (Å²) in [6, 6.07) is 10.7. The van der Waals surface area contributed by atoms with Gasteiger partial charge in [0, 0.05) is 5.56 Å². The molecular formula is C17H16Cl2N2O. The number of halogens is 2. The van der Waals surface area contributed by atoms with Gasteiger partial charge in [0.05, 0.1) is 15.8 Å². The second-order valence-electron chi connectivity index (χ2n) is 5.07. The third-order valence-electron chi connectivity index (χ3n) is 3.43. The highest BCUT2D eigenvalue weighted by atomic mass is 35.5. The van der Waals surface area contributed by atoms with Gasteiger partial charge in [-0.25, -0.2) is 5.43 Å². The first-order valence-electron chi connectivity index (χ1n) is 6.76. The Kier molecular flexibility index (Phi) is 5.22. The predicted molar refractivity (Wildman–Crippen MR) is 92.1 cm³/mol. The van der Waals surface area contributed by atoms with Gasteiger partial charge in [-0.3, -0.25) is 4.79 Å². The Labute approximate surface area is 139 Å². The van der Waals surface area contributed by atoms with Crippen LogP contribution in [0.3, 0.4) is 0 Å². The van der Waals surface area contributed by atoms with Crippen molar-refractivity contribution in [2.75, 3.05) is 0 Å². The van der Waals surface area contributed by atoms with Gasteiger partial charge in [-0.15, -0.1) is 0 Å². The number of benzene rings is 2. The molecule has 0 saturated heterocycles. The van der Waals surface area contributed by atoms with Crippen LogP contribution in [0, 0.1) is 13.8 Å². The van der Waals surface area contributed by atoms with Crippen LogP contribution in [0.4, 0.5) is 0 Å². The summed E-state index contributed by atoms with van der Waals surface area (Å²) in [6.45, 7) is 5.94. The molecule has 0 spiro atoms. The maximum atomic E-state index is 12.0. The van der Waals surface area contributed by atoms with Crippen LogP contribution in [0.2, 0.25) is 10.0 Å². The molecule has 0 unspecified atom stereocenters. The van der Waals surface area contributed by atoms with E-state index in [2.05, 4.69) is 17.5 Å². The first-order chi connectivity index (χ1) is 10.4. The van der Waals surface area contributed by atoms with Crippen LogP contribution in [0.15, 0.2) is 41.5 Å². The number of carbonyl (C=O) groups is 1. The highest BCUT2D eigenvalue weighted by Gasteiger charge is 2.08. The van der Waals surface area contributed by atoms with Crippen LogP contribution in [0.25, 0.3) is 0 Å². The van der Waals surface area contributed by atoms with E-state index in [4.69, 9.17) is 23.2 Å². The molecule has 0 aliphatic heterocycles. The van der Waals surface area contributed by atoms with Gasteiger partial charge in [0.15, 0.2) is 0 Å². The second-order valence-corrected chi connectivity index (χ2v) is 5.88. The van der Waals surface area contributed by atoms with E-state index in [0.29, 0.717) is 15.6 Å². The van der Waals surface area contributed by atoms with Crippen LogP contribution in [0.5, 0.6) is 0 Å². The minimum Gasteiger partial charge on any atom is -0.267 e. The van der Waals surface area contributed by atoms with Gasteiger partial charge in [-0.2, -0.15) is 5.10 Å². The molecule has 5 heteroatoms. The number of rotatable bonds is 3. The smallest absolute Gasteiger partial charge is 0.267 e. The van der Waals surface area contributed by atoms with Gasteiger partial charge in [0.2, 0.25) is 0 Å². The Hall–Kier alpha value is -1.84. The molecule has 1 N–H and O–H groups in total. The van der Waals surface area contributed by atoms with Crippen molar-refractivity contribution in [1.29, 1.82) is 0 Å². The SMILES string of the molecule is CC(=NNC(=O)c1ccc(Cl)c(Cl)c1)c1ccc(C)c(C)c1. The average molecular weight is 335 g/mol. The van der Waals surface area contributed by atoms with Crippen molar-refractivity contribution in [2.24, 2.45) is 5.10 Å². The van der Waals surface area contributed by atoms with Crippen molar-refractivity contribution in [3.05, 3.63) is 68.7 Å². The summed E-state index contributed by atoms with van der Waals surface area (Å²) in [4.78, 5) is 12.0. The molecule has 0 aliphatic rings. The van der Waals surface area contributed by atoms with Crippen LogP contribution in [0.1, 0.15) is 34.0 Å². The van der Waals surface area contributed by atoms with Crippen LogP contribution in [-0.2, 0) is 0 Å². The molecule has 0 atom stereocenters. The summed E-state index contributed by atoms with van der Waals surface area (Å²) >= 11 is 11.7. The summed E-state index contributed by atoms with van der Waals surface area (Å²) in [5.74, 6) is -0.332. The molecule has 2 rings (SSSR count). The molecule has 0 fully saturated rings. The average Bonchev–Trinajstić information content (AvgIpc) is 2.50. The van der Waals surface area contributed by atoms with Crippen LogP contribution in [-0.4, -0.2) is 11.6 Å². The van der Waals surface area contributed by atoms with Gasteiger partial charge in [0.25, 0.3) is 5.91 Å². The van der Waals surface area contributed by atoms with Crippen molar-refractivity contribution < 1.29 is 4.79 Å². The number of aryl methyl sites for hydroxylation is 2. The number of nitrogens with zero attached hydrogens (tertiary/aromatic N) is 1. The normalized spacial score (nSPS) is 11.4. The lowest BCUT2D eigenvalue weighted by Gasteiger charge is -2.06. The number of hydrogen-bond acceptors (Lipinski definition) is 2. The fourth-order valence-electron chi connectivity index (χ4n) is 1.87. The van der Waals surface area contributed by atoms with Crippen molar-refractivity contribution in [1.82, 2.24) is 5.43 Å². The number of nitrogens with one attached hydrogen (secondary N) is 1. The van der Waals surface area contributed by atoms with Crippen LogP contribution < -0.4 is 5.43 Å². The lowest BCUT2D eigenvalue weighted by Crippen LogP contribution is -2.19. The highest BCUT2D eigenvalue weighted by Crippen LogP contribution is 2.22. The standard InChI is InChI=1S/C17H16Cl2N2O/c1-10-4-5-13(8-11(10)2)12(3)20-21-17(22)14-6-7-15(18)16(19)9-14/h4-9H,1-3H3,(H,21,22). The maximum absolute atomic E-state index is 12.0. The monoisotopic (exact) mass is 334 g/mol. The summed E-state index contributed by atoms with van der Waals surface area (Å²) < 4.78 is 0. The molecule has 0 radical (unpaired) electrons. The quantitative estimate of drug-likeness (QED) is 0.637. The molecule has 0 aliphatic carbocycles. The summed E-state index contributed by atoms with van der Waals surface area (Å²) in [5, 5.41) is 4.88. The zero-order chi connectivity index (χ0) is 16.3. The van der Waals surface area contributed by atoms with Crippen molar-refractivity contribution in [2.45, 2.75) is 20.8 Å². The molecule has 2 aromatic rings. The summed E-state index contributed by atoms with van der Waals surface area (Å²) in [7, 11) is 0. The zero-order valence-corrected chi connectivity index (χ0v) is 14.1. The molecule has 114 valence electrons. The number of hydrogen-bond donors (Lipinski definition) is 1. The lowest BCUT2D eigenvalue weighted by molar-refractivity contribution is 0.0955. The molecule has 0 aromatic heterocycles. The Morgan fingerprint density at radius 3 is 2.27 bits per heavy atom. The molecule has 22 heavy (non-hydrogen) atoms. The van der Waals surface area contributed by atoms with E-state index in [-0.39, 0.29) is 5.91 Å². The van der Waals surface area contributed by atoms with Gasteiger partial charge >= 0.3 is 0 Å². The van der Waals surface area contributed by atoms with E-state index in [1.54, 1.807) is 12.1 Å². The first kappa shape index (κ1) is 16.5. The summed E-state index contributed by atoms with van der Waals surface area (Å²) in [5.41, 5.74) is 7.04. The molecule has 3 nitrogen and oxygen atoms in total. The van der Waals surface area contributed by atoms with Gasteiger partial charge in [-0.1, -0.05) is 35.3 Å². The molecule has 0 saturated carbocycles. The van der Waals surface area contributed by atoms with E-state index >= 15 is 0 Å². The van der Waals surface area contributed by atoms with E-state index in [1.807, 2.05) is 32.0 Å². The van der Waals surface area contributed by atoms with Crippen molar-refractivity contribution in [3.63, 3.8) is 0 Å². The highest BCUT2D eigenvalue weighted by molar-refractivity contribution is 6.42. The predicted octanol–water partition coefficient (Wildman–Crippen LogP) is 4.76.